The van der Waals surface area contributed by atoms with Gasteiger partial charge < -0.3 is 25.2 Å². The fraction of sp³-hybridized carbons (Fsp3) is 0.483. The first-order valence-electron chi connectivity index (χ1n) is 12.0. The number of phenolic OH excluding ortho intramolecular Hbond substituents is 2. The normalized spacial score (nSPS) is 14.5. The second-order valence-corrected chi connectivity index (χ2v) is 9.38. The number of ether oxygens (including phenoxy) is 1. The van der Waals surface area contributed by atoms with Gasteiger partial charge in [-0.25, -0.2) is 0 Å². The fourth-order valence-corrected chi connectivity index (χ4v) is 3.64. The average molecular weight is 487 g/mol. The van der Waals surface area contributed by atoms with E-state index in [1.165, 1.54) is 30.4 Å². The van der Waals surface area contributed by atoms with Gasteiger partial charge in [0.1, 0.15) is 23.7 Å². The summed E-state index contributed by atoms with van der Waals surface area (Å²) in [6, 6.07) is 2.89. The second-order valence-electron chi connectivity index (χ2n) is 9.38. The van der Waals surface area contributed by atoms with Crippen molar-refractivity contribution >= 4 is 5.97 Å². The molecule has 6 nitrogen and oxygen atoms in total. The Kier molecular flexibility index (Phi) is 13.1. The number of carbonyl (C=O) groups is 1. The second kappa shape index (κ2) is 15.2. The standard InChI is InChI=1S/C29H42O6/c1-19(2)15-26(31)28(33)22(5)12-8-11-20(3)9-7-10-21(4)13-14-23-16-25(30)17-24(29(23)34)18-27(32)35-6/h9,12-13,15-17,26,28,30-31,33-34H,7-8,10-11,14,18H2,1-6H3/b20-9+,21-13+,22-12+/t26-,28+/m0/s1. The van der Waals surface area contributed by atoms with Crippen LogP contribution in [-0.4, -0.2) is 45.7 Å². The smallest absolute Gasteiger partial charge is 0.310 e. The van der Waals surface area contributed by atoms with E-state index >= 15 is 0 Å². The first-order chi connectivity index (χ1) is 16.4. The Labute approximate surface area is 210 Å². The van der Waals surface area contributed by atoms with Crippen LogP contribution in [0.4, 0.5) is 0 Å². The molecule has 35 heavy (non-hydrogen) atoms. The summed E-state index contributed by atoms with van der Waals surface area (Å²) in [7, 11) is 1.28. The highest BCUT2D eigenvalue weighted by atomic mass is 16.5. The van der Waals surface area contributed by atoms with Gasteiger partial charge in [-0.15, -0.1) is 0 Å². The molecule has 0 bridgehead atoms. The zero-order valence-electron chi connectivity index (χ0n) is 22.0. The van der Waals surface area contributed by atoms with E-state index in [0.29, 0.717) is 17.5 Å². The van der Waals surface area contributed by atoms with Crippen molar-refractivity contribution in [3.63, 3.8) is 0 Å². The van der Waals surface area contributed by atoms with Crippen LogP contribution in [0.15, 0.2) is 58.7 Å². The van der Waals surface area contributed by atoms with Gasteiger partial charge in [0, 0.05) is 11.1 Å². The molecule has 0 unspecified atom stereocenters. The Morgan fingerprint density at radius 3 is 2.09 bits per heavy atom. The lowest BCUT2D eigenvalue weighted by atomic mass is 10.0. The molecule has 0 radical (unpaired) electrons. The van der Waals surface area contributed by atoms with Crippen LogP contribution in [0.2, 0.25) is 0 Å². The van der Waals surface area contributed by atoms with Crippen molar-refractivity contribution < 1.29 is 30.0 Å². The summed E-state index contributed by atoms with van der Waals surface area (Å²) < 4.78 is 4.64. The molecule has 0 amide bonds. The summed E-state index contributed by atoms with van der Waals surface area (Å²) in [5, 5.41) is 40.6. The van der Waals surface area contributed by atoms with Gasteiger partial charge >= 0.3 is 5.97 Å². The van der Waals surface area contributed by atoms with Crippen LogP contribution in [0.5, 0.6) is 11.5 Å². The van der Waals surface area contributed by atoms with Gasteiger partial charge in [-0.2, -0.15) is 0 Å². The number of allylic oxidation sites excluding steroid dienone is 6. The predicted molar refractivity (Wildman–Crippen MR) is 140 cm³/mol. The highest BCUT2D eigenvalue weighted by Gasteiger charge is 2.15. The zero-order valence-corrected chi connectivity index (χ0v) is 22.0. The number of benzene rings is 1. The molecule has 2 atom stereocenters. The maximum absolute atomic E-state index is 11.5. The number of aromatic hydroxyl groups is 2. The molecule has 0 aromatic heterocycles. The number of aliphatic hydroxyl groups is 2. The van der Waals surface area contributed by atoms with E-state index in [9.17, 15) is 25.2 Å². The van der Waals surface area contributed by atoms with Crippen molar-refractivity contribution in [2.45, 2.75) is 85.4 Å². The van der Waals surface area contributed by atoms with Gasteiger partial charge in [-0.05, 0) is 84.4 Å². The minimum absolute atomic E-state index is 0.00423. The third-order valence-corrected chi connectivity index (χ3v) is 5.82. The first kappa shape index (κ1) is 30.2. The van der Waals surface area contributed by atoms with Crippen molar-refractivity contribution in [1.29, 1.82) is 0 Å². The van der Waals surface area contributed by atoms with E-state index in [2.05, 4.69) is 17.7 Å². The van der Waals surface area contributed by atoms with Gasteiger partial charge in [0.2, 0.25) is 0 Å². The van der Waals surface area contributed by atoms with E-state index in [1.54, 1.807) is 6.08 Å². The summed E-state index contributed by atoms with van der Waals surface area (Å²) in [6.07, 6.45) is 9.88. The highest BCUT2D eigenvalue weighted by molar-refractivity contribution is 5.74. The average Bonchev–Trinajstić information content (AvgIpc) is 2.78. The Balaban J connectivity index is 2.59. The van der Waals surface area contributed by atoms with Gasteiger partial charge in [0.15, 0.2) is 0 Å². The van der Waals surface area contributed by atoms with E-state index in [4.69, 9.17) is 0 Å². The van der Waals surface area contributed by atoms with Crippen LogP contribution < -0.4 is 0 Å². The third-order valence-electron chi connectivity index (χ3n) is 5.82. The number of methoxy groups -OCH3 is 1. The van der Waals surface area contributed by atoms with Crippen molar-refractivity contribution in [2.75, 3.05) is 7.11 Å². The Morgan fingerprint density at radius 1 is 0.914 bits per heavy atom. The predicted octanol–water partition coefficient (Wildman–Crippen LogP) is 5.44. The minimum atomic E-state index is -0.885. The number of rotatable bonds is 13. The molecule has 194 valence electrons. The number of hydrogen-bond donors (Lipinski definition) is 4. The number of carbonyl (C=O) groups excluding carboxylic acids is 1. The monoisotopic (exact) mass is 486 g/mol. The lowest BCUT2D eigenvalue weighted by molar-refractivity contribution is -0.139. The van der Waals surface area contributed by atoms with Gasteiger partial charge in [-0.1, -0.05) is 41.0 Å². The Bertz CT molecular complexity index is 964. The number of hydrogen-bond acceptors (Lipinski definition) is 6. The molecule has 0 fully saturated rings. The Hall–Kier alpha value is -2.83. The molecule has 0 heterocycles. The largest absolute Gasteiger partial charge is 0.508 e. The van der Waals surface area contributed by atoms with Crippen molar-refractivity contribution in [1.82, 2.24) is 0 Å². The van der Waals surface area contributed by atoms with Gasteiger partial charge in [0.25, 0.3) is 0 Å². The van der Waals surface area contributed by atoms with Crippen LogP contribution in [0.3, 0.4) is 0 Å². The van der Waals surface area contributed by atoms with Crippen LogP contribution >= 0.6 is 0 Å². The van der Waals surface area contributed by atoms with E-state index in [1.807, 2.05) is 39.8 Å². The zero-order chi connectivity index (χ0) is 26.5. The van der Waals surface area contributed by atoms with Crippen LogP contribution in [0, 0.1) is 0 Å². The van der Waals surface area contributed by atoms with Gasteiger partial charge in [0.05, 0.1) is 13.5 Å². The maximum Gasteiger partial charge on any atom is 0.310 e. The summed E-state index contributed by atoms with van der Waals surface area (Å²) in [5.41, 5.74) is 5.08. The van der Waals surface area contributed by atoms with E-state index < -0.39 is 18.2 Å². The molecule has 1 aromatic rings. The summed E-state index contributed by atoms with van der Waals surface area (Å²) in [6.45, 7) is 9.73. The molecule has 1 rings (SSSR count). The molecule has 0 aliphatic rings. The van der Waals surface area contributed by atoms with Crippen LogP contribution in [-0.2, 0) is 22.4 Å². The molecular weight excluding hydrogens is 444 g/mol. The molecule has 0 aliphatic carbocycles. The molecule has 6 heteroatoms. The lowest BCUT2D eigenvalue weighted by Crippen LogP contribution is -2.25. The highest BCUT2D eigenvalue weighted by Crippen LogP contribution is 2.29. The molecule has 0 spiro atoms. The van der Waals surface area contributed by atoms with Crippen LogP contribution in [0.1, 0.15) is 71.4 Å². The number of aliphatic hydroxyl groups excluding tert-OH is 2. The molecule has 1 aromatic carbocycles. The van der Waals surface area contributed by atoms with Crippen molar-refractivity contribution in [3.05, 3.63) is 69.9 Å². The summed E-state index contributed by atoms with van der Waals surface area (Å²) in [5.74, 6) is -0.465. The van der Waals surface area contributed by atoms with Gasteiger partial charge in [-0.3, -0.25) is 4.79 Å². The Morgan fingerprint density at radius 2 is 1.49 bits per heavy atom. The molecule has 0 saturated heterocycles. The summed E-state index contributed by atoms with van der Waals surface area (Å²) >= 11 is 0. The van der Waals surface area contributed by atoms with Crippen molar-refractivity contribution in [2.24, 2.45) is 0 Å². The number of phenols is 2. The quantitative estimate of drug-likeness (QED) is 0.168. The van der Waals surface area contributed by atoms with E-state index in [0.717, 1.165) is 36.8 Å². The summed E-state index contributed by atoms with van der Waals surface area (Å²) in [4.78, 5) is 11.5. The lowest BCUT2D eigenvalue weighted by Gasteiger charge is -2.16. The molecular formula is C29H42O6. The third kappa shape index (κ3) is 11.4. The molecule has 0 saturated carbocycles. The molecule has 4 N–H and O–H groups in total. The fourth-order valence-electron chi connectivity index (χ4n) is 3.64. The topological polar surface area (TPSA) is 107 Å². The minimum Gasteiger partial charge on any atom is -0.508 e. The first-order valence-corrected chi connectivity index (χ1v) is 12.0. The molecule has 0 aliphatic heterocycles. The van der Waals surface area contributed by atoms with Crippen LogP contribution in [0.25, 0.3) is 0 Å². The SMILES string of the molecule is COC(=O)Cc1cc(O)cc(C/C=C(\C)CC/C=C(\C)CC/C=C(\C)[C@@H](O)[C@@H](O)C=C(C)C)c1O. The van der Waals surface area contributed by atoms with Crippen molar-refractivity contribution in [3.8, 4) is 11.5 Å². The number of esters is 1. The maximum atomic E-state index is 11.5. The van der Waals surface area contributed by atoms with E-state index in [-0.39, 0.29) is 17.9 Å².